The van der Waals surface area contributed by atoms with Crippen molar-refractivity contribution in [1.29, 1.82) is 0 Å². The lowest BCUT2D eigenvalue weighted by molar-refractivity contribution is 0.570. The van der Waals surface area contributed by atoms with Crippen molar-refractivity contribution in [2.75, 3.05) is 0 Å². The van der Waals surface area contributed by atoms with Crippen LogP contribution in [0.2, 0.25) is 4.34 Å². The monoisotopic (exact) mass is 217 g/mol. The van der Waals surface area contributed by atoms with E-state index < -0.39 is 0 Å². The minimum Gasteiger partial charge on any atom is -0.328 e. The van der Waals surface area contributed by atoms with Crippen molar-refractivity contribution >= 4 is 22.9 Å². The van der Waals surface area contributed by atoms with E-state index in [2.05, 4.69) is 13.0 Å². The third kappa shape index (κ3) is 4.12. The molecule has 1 aromatic rings. The summed E-state index contributed by atoms with van der Waals surface area (Å²) in [5.41, 5.74) is 5.82. The minimum absolute atomic E-state index is 0.371. The van der Waals surface area contributed by atoms with Crippen molar-refractivity contribution in [3.05, 3.63) is 21.3 Å². The third-order valence-corrected chi connectivity index (χ3v) is 3.44. The van der Waals surface area contributed by atoms with E-state index in [9.17, 15) is 0 Å². The molecular weight excluding hydrogens is 202 g/mol. The van der Waals surface area contributed by atoms with Crippen LogP contribution in [0.4, 0.5) is 0 Å². The normalized spacial score (nSPS) is 13.2. The van der Waals surface area contributed by atoms with E-state index in [4.69, 9.17) is 17.3 Å². The summed E-state index contributed by atoms with van der Waals surface area (Å²) >= 11 is 7.49. The molecule has 0 aliphatic rings. The van der Waals surface area contributed by atoms with Crippen LogP contribution in [-0.4, -0.2) is 6.04 Å². The molecule has 0 bridgehead atoms. The zero-order chi connectivity index (χ0) is 9.68. The zero-order valence-electron chi connectivity index (χ0n) is 7.92. The Morgan fingerprint density at radius 2 is 2.31 bits per heavy atom. The first kappa shape index (κ1) is 11.0. The smallest absolute Gasteiger partial charge is 0.0931 e. The van der Waals surface area contributed by atoms with Gasteiger partial charge in [-0.2, -0.15) is 0 Å². The Kier molecular flexibility index (Phi) is 4.78. The van der Waals surface area contributed by atoms with E-state index in [-0.39, 0.29) is 0 Å². The second-order valence-electron chi connectivity index (χ2n) is 3.27. The van der Waals surface area contributed by atoms with Crippen molar-refractivity contribution in [3.63, 3.8) is 0 Å². The standard InChI is InChI=1S/C10H16ClNS/c1-2-8(12)4-3-5-9-6-7-10(11)13-9/h6-8H,2-5,12H2,1H3. The highest BCUT2D eigenvalue weighted by molar-refractivity contribution is 7.16. The minimum atomic E-state index is 0.371. The highest BCUT2D eigenvalue weighted by atomic mass is 35.5. The fraction of sp³-hybridized carbons (Fsp3) is 0.600. The van der Waals surface area contributed by atoms with Crippen LogP contribution in [0.3, 0.4) is 0 Å². The van der Waals surface area contributed by atoms with Crippen LogP contribution in [0.1, 0.15) is 31.1 Å². The Bertz CT molecular complexity index is 247. The quantitative estimate of drug-likeness (QED) is 0.803. The fourth-order valence-electron chi connectivity index (χ4n) is 1.23. The van der Waals surface area contributed by atoms with Gasteiger partial charge in [0.25, 0.3) is 0 Å². The van der Waals surface area contributed by atoms with Crippen molar-refractivity contribution < 1.29 is 0 Å². The molecule has 0 spiro atoms. The van der Waals surface area contributed by atoms with Gasteiger partial charge in [-0.3, -0.25) is 0 Å². The number of aryl methyl sites for hydroxylation is 1. The summed E-state index contributed by atoms with van der Waals surface area (Å²) in [5.74, 6) is 0. The summed E-state index contributed by atoms with van der Waals surface area (Å²) in [6.07, 6.45) is 4.48. The Balaban J connectivity index is 2.20. The van der Waals surface area contributed by atoms with Crippen LogP contribution >= 0.6 is 22.9 Å². The molecule has 1 unspecified atom stereocenters. The molecule has 0 aromatic carbocycles. The van der Waals surface area contributed by atoms with Gasteiger partial charge in [-0.15, -0.1) is 11.3 Å². The molecule has 0 radical (unpaired) electrons. The van der Waals surface area contributed by atoms with Crippen molar-refractivity contribution in [3.8, 4) is 0 Å². The number of nitrogens with two attached hydrogens (primary N) is 1. The van der Waals surface area contributed by atoms with Crippen LogP contribution in [0.25, 0.3) is 0 Å². The zero-order valence-corrected chi connectivity index (χ0v) is 9.50. The maximum absolute atomic E-state index is 5.82. The average Bonchev–Trinajstić information content (AvgIpc) is 2.51. The SMILES string of the molecule is CCC(N)CCCc1ccc(Cl)s1. The predicted molar refractivity (Wildman–Crippen MR) is 60.5 cm³/mol. The lowest BCUT2D eigenvalue weighted by atomic mass is 10.1. The molecule has 1 nitrogen and oxygen atoms in total. The first-order valence-electron chi connectivity index (χ1n) is 4.72. The van der Waals surface area contributed by atoms with E-state index in [1.54, 1.807) is 11.3 Å². The summed E-state index contributed by atoms with van der Waals surface area (Å²) in [5, 5.41) is 0. The molecule has 0 aliphatic heterocycles. The molecule has 1 rings (SSSR count). The lowest BCUT2D eigenvalue weighted by Crippen LogP contribution is -2.18. The molecule has 0 fully saturated rings. The highest BCUT2D eigenvalue weighted by Crippen LogP contribution is 2.22. The van der Waals surface area contributed by atoms with Crippen molar-refractivity contribution in [2.24, 2.45) is 5.73 Å². The summed E-state index contributed by atoms with van der Waals surface area (Å²) in [4.78, 5) is 1.37. The lowest BCUT2D eigenvalue weighted by Gasteiger charge is -2.06. The van der Waals surface area contributed by atoms with Crippen molar-refractivity contribution in [2.45, 2.75) is 38.6 Å². The number of hydrogen-bond acceptors (Lipinski definition) is 2. The Labute approximate surface area is 88.9 Å². The molecule has 0 saturated carbocycles. The van der Waals surface area contributed by atoms with E-state index in [1.165, 1.54) is 11.3 Å². The Hall–Kier alpha value is -0.0500. The number of thiophene rings is 1. The fourth-order valence-corrected chi connectivity index (χ4v) is 2.36. The summed E-state index contributed by atoms with van der Waals surface area (Å²) in [7, 11) is 0. The molecular formula is C10H16ClNS. The molecule has 74 valence electrons. The summed E-state index contributed by atoms with van der Waals surface area (Å²) in [6.45, 7) is 2.13. The molecule has 13 heavy (non-hydrogen) atoms. The van der Waals surface area contributed by atoms with Gasteiger partial charge < -0.3 is 5.73 Å². The van der Waals surface area contributed by atoms with Gasteiger partial charge >= 0.3 is 0 Å². The van der Waals surface area contributed by atoms with Gasteiger partial charge in [0, 0.05) is 10.9 Å². The van der Waals surface area contributed by atoms with Gasteiger partial charge in [0.05, 0.1) is 4.34 Å². The molecule has 1 aromatic heterocycles. The van der Waals surface area contributed by atoms with Gasteiger partial charge in [0.15, 0.2) is 0 Å². The molecule has 1 heterocycles. The van der Waals surface area contributed by atoms with Crippen LogP contribution in [-0.2, 0) is 6.42 Å². The number of hydrogen-bond donors (Lipinski definition) is 1. The topological polar surface area (TPSA) is 26.0 Å². The maximum atomic E-state index is 5.82. The molecule has 0 aliphatic carbocycles. The van der Waals surface area contributed by atoms with E-state index in [0.29, 0.717) is 6.04 Å². The van der Waals surface area contributed by atoms with Gasteiger partial charge in [0.2, 0.25) is 0 Å². The van der Waals surface area contributed by atoms with E-state index in [0.717, 1.165) is 23.6 Å². The van der Waals surface area contributed by atoms with Gasteiger partial charge in [0.1, 0.15) is 0 Å². The summed E-state index contributed by atoms with van der Waals surface area (Å²) in [6, 6.07) is 4.43. The molecule has 2 N–H and O–H groups in total. The Morgan fingerprint density at radius 3 is 2.85 bits per heavy atom. The highest BCUT2D eigenvalue weighted by Gasteiger charge is 2.01. The second kappa shape index (κ2) is 5.63. The first-order valence-corrected chi connectivity index (χ1v) is 5.91. The second-order valence-corrected chi connectivity index (χ2v) is 5.07. The molecule has 1 atom stereocenters. The van der Waals surface area contributed by atoms with Crippen LogP contribution < -0.4 is 5.73 Å². The van der Waals surface area contributed by atoms with Crippen LogP contribution in [0.5, 0.6) is 0 Å². The Morgan fingerprint density at radius 1 is 1.54 bits per heavy atom. The van der Waals surface area contributed by atoms with Gasteiger partial charge in [-0.1, -0.05) is 18.5 Å². The molecule has 0 saturated heterocycles. The van der Waals surface area contributed by atoms with Crippen LogP contribution in [0.15, 0.2) is 12.1 Å². The van der Waals surface area contributed by atoms with E-state index in [1.807, 2.05) is 6.07 Å². The van der Waals surface area contributed by atoms with E-state index >= 15 is 0 Å². The van der Waals surface area contributed by atoms with Crippen LogP contribution in [0, 0.1) is 0 Å². The first-order chi connectivity index (χ1) is 6.22. The van der Waals surface area contributed by atoms with Crippen molar-refractivity contribution in [1.82, 2.24) is 0 Å². The number of halogens is 1. The van der Waals surface area contributed by atoms with Gasteiger partial charge in [-0.25, -0.2) is 0 Å². The largest absolute Gasteiger partial charge is 0.328 e. The third-order valence-electron chi connectivity index (χ3n) is 2.15. The summed E-state index contributed by atoms with van der Waals surface area (Å²) < 4.78 is 0.884. The molecule has 3 heteroatoms. The number of rotatable bonds is 5. The van der Waals surface area contributed by atoms with Gasteiger partial charge in [-0.05, 0) is 37.8 Å². The predicted octanol–water partition coefficient (Wildman–Crippen LogP) is 3.46. The molecule has 0 amide bonds. The average molecular weight is 218 g/mol. The maximum Gasteiger partial charge on any atom is 0.0931 e.